The lowest BCUT2D eigenvalue weighted by atomic mass is 9.59. The van der Waals surface area contributed by atoms with E-state index in [1.54, 1.807) is 28.4 Å². The third-order valence-corrected chi connectivity index (χ3v) is 15.3. The first kappa shape index (κ1) is 45.6. The summed E-state index contributed by atoms with van der Waals surface area (Å²) in [5.74, 6) is 0.683. The number of ether oxygens (including phenoxy) is 9. The lowest BCUT2D eigenvalue weighted by molar-refractivity contribution is -0.314. The van der Waals surface area contributed by atoms with Crippen molar-refractivity contribution in [2.75, 3.05) is 42.5 Å². The summed E-state index contributed by atoms with van der Waals surface area (Å²) >= 11 is 0. The molecule has 0 N–H and O–H groups in total. The summed E-state index contributed by atoms with van der Waals surface area (Å²) in [6.45, 7) is 8.21. The summed E-state index contributed by atoms with van der Waals surface area (Å²) in [6.07, 6.45) is 6.76. The number of ketones is 1. The second-order valence-electron chi connectivity index (χ2n) is 18.8. The molecule has 0 spiro atoms. The topological polar surface area (TPSA) is 120 Å². The van der Waals surface area contributed by atoms with Crippen LogP contribution in [0.15, 0.2) is 35.9 Å². The Morgan fingerprint density at radius 3 is 2.27 bits per heavy atom. The molecular formula is C48H73NO11. The van der Waals surface area contributed by atoms with Gasteiger partial charge in [0.1, 0.15) is 30.2 Å². The van der Waals surface area contributed by atoms with Gasteiger partial charge < -0.3 is 47.5 Å². The van der Waals surface area contributed by atoms with Crippen molar-refractivity contribution in [3.05, 3.63) is 41.5 Å². The van der Waals surface area contributed by atoms with Crippen molar-refractivity contribution in [2.24, 2.45) is 35.5 Å². The second kappa shape index (κ2) is 20.0. The molecule has 3 saturated heterocycles. The lowest BCUT2D eigenvalue weighted by Gasteiger charge is -2.44. The van der Waals surface area contributed by atoms with Crippen LogP contribution < -0.4 is 4.74 Å². The number of esters is 1. The molecule has 3 heterocycles. The van der Waals surface area contributed by atoms with Gasteiger partial charge in [0.15, 0.2) is 18.4 Å². The molecule has 336 valence electrons. The van der Waals surface area contributed by atoms with Crippen LogP contribution in [-0.2, 0) is 47.5 Å². The molecule has 0 aromatic heterocycles. The van der Waals surface area contributed by atoms with Crippen LogP contribution in [0.1, 0.15) is 103 Å². The van der Waals surface area contributed by atoms with E-state index in [-0.39, 0.29) is 96.8 Å². The summed E-state index contributed by atoms with van der Waals surface area (Å²) in [5, 5.41) is 0. The number of likely N-dealkylation sites (N-methyl/N-ethyl adjacent to an activating group) is 1. The van der Waals surface area contributed by atoms with Gasteiger partial charge in [-0.15, -0.1) is 0 Å². The standard InChI is InChI=1S/C48H73NO11/c1-11-31-15-13-17-40(60-42-19-18-39(49(5)6)27(3)56-42)26(2)44(51)38-24-36-34-23-33(59-48-47(55-10)46(54-9)45(53-8)28(4)57-48)21-30(34)22-35(29-14-12-16-32(20-29)52-7)43(36)37(38)25-41(50)58-31/h12,14,16,20,24,26-28,30-31,33-37,39-40,42-43,45-48H,11,13,15,17-19,21-23,25H2,1-10H3/t26-,27?,28?,30+,31+,33-,34-,35?,36+,37-,39+,40+,42+,43?,45+,46?,47+,48+/m1/s1. The number of rotatable bonds is 11. The van der Waals surface area contributed by atoms with Crippen molar-refractivity contribution < 1.29 is 52.2 Å². The van der Waals surface area contributed by atoms with E-state index in [1.165, 1.54) is 5.56 Å². The third-order valence-electron chi connectivity index (χ3n) is 15.3. The molecule has 1 aromatic carbocycles. The predicted octanol–water partition coefficient (Wildman–Crippen LogP) is 7.11. The van der Waals surface area contributed by atoms with E-state index < -0.39 is 18.3 Å². The summed E-state index contributed by atoms with van der Waals surface area (Å²) in [6, 6.07) is 8.67. The zero-order valence-corrected chi connectivity index (χ0v) is 37.8. The number of carbonyl (C=O) groups is 2. The number of fused-ring (bicyclic) bond motifs is 5. The Hall–Kier alpha value is -2.42. The zero-order chi connectivity index (χ0) is 42.8. The normalized spacial score (nSPS) is 42.6. The molecule has 6 aliphatic rings. The summed E-state index contributed by atoms with van der Waals surface area (Å²) in [5.41, 5.74) is 1.93. The molecule has 0 bridgehead atoms. The number of nitrogens with zero attached hydrogens (tertiary/aromatic N) is 1. The van der Waals surface area contributed by atoms with E-state index in [0.29, 0.717) is 18.4 Å². The Kier molecular flexibility index (Phi) is 15.2. The second-order valence-corrected chi connectivity index (χ2v) is 18.8. The van der Waals surface area contributed by atoms with Gasteiger partial charge in [-0.05, 0) is 139 Å². The maximum Gasteiger partial charge on any atom is 0.306 e. The van der Waals surface area contributed by atoms with Gasteiger partial charge in [0.05, 0.1) is 37.9 Å². The minimum Gasteiger partial charge on any atom is -0.497 e. The number of carbonyl (C=O) groups excluding carboxylic acids is 2. The Bertz CT molecular complexity index is 1640. The highest BCUT2D eigenvalue weighted by Gasteiger charge is 2.57. The minimum atomic E-state index is -0.626. The molecule has 5 fully saturated rings. The van der Waals surface area contributed by atoms with Crippen molar-refractivity contribution in [1.82, 2.24) is 4.90 Å². The molecule has 0 radical (unpaired) electrons. The van der Waals surface area contributed by atoms with E-state index in [2.05, 4.69) is 57.1 Å². The number of methoxy groups -OCH3 is 4. The van der Waals surface area contributed by atoms with Gasteiger partial charge in [0, 0.05) is 39.2 Å². The summed E-state index contributed by atoms with van der Waals surface area (Å²) in [7, 11) is 10.9. The van der Waals surface area contributed by atoms with Gasteiger partial charge in [-0.2, -0.15) is 0 Å². The Balaban J connectivity index is 1.21. The van der Waals surface area contributed by atoms with Crippen LogP contribution in [0.2, 0.25) is 0 Å². The van der Waals surface area contributed by atoms with Gasteiger partial charge in [0.2, 0.25) is 0 Å². The van der Waals surface area contributed by atoms with E-state index in [1.807, 2.05) is 19.9 Å². The first-order chi connectivity index (χ1) is 28.9. The van der Waals surface area contributed by atoms with E-state index >= 15 is 4.79 Å². The molecular weight excluding hydrogens is 767 g/mol. The van der Waals surface area contributed by atoms with Crippen molar-refractivity contribution in [3.8, 4) is 5.75 Å². The van der Waals surface area contributed by atoms with Crippen LogP contribution in [-0.4, -0.2) is 127 Å². The van der Waals surface area contributed by atoms with Crippen LogP contribution >= 0.6 is 0 Å². The maximum atomic E-state index is 15.2. The molecule has 12 nitrogen and oxygen atoms in total. The quantitative estimate of drug-likeness (QED) is 0.211. The first-order valence-corrected chi connectivity index (χ1v) is 22.8. The molecule has 3 aliphatic carbocycles. The van der Waals surface area contributed by atoms with Gasteiger partial charge in [-0.25, -0.2) is 0 Å². The molecule has 60 heavy (non-hydrogen) atoms. The molecule has 1 aromatic rings. The third kappa shape index (κ3) is 9.42. The Labute approximate surface area is 358 Å². The van der Waals surface area contributed by atoms with Gasteiger partial charge in [0.25, 0.3) is 0 Å². The molecule has 12 heteroatoms. The number of hydrogen-bond donors (Lipinski definition) is 0. The van der Waals surface area contributed by atoms with Crippen molar-refractivity contribution in [2.45, 2.75) is 165 Å². The van der Waals surface area contributed by atoms with E-state index in [0.717, 1.165) is 62.7 Å². The first-order valence-electron chi connectivity index (χ1n) is 22.8. The number of hydrogen-bond acceptors (Lipinski definition) is 12. The van der Waals surface area contributed by atoms with Crippen LogP contribution in [0, 0.1) is 35.5 Å². The zero-order valence-electron chi connectivity index (χ0n) is 37.8. The molecule has 18 atom stereocenters. The van der Waals surface area contributed by atoms with Crippen LogP contribution in [0.3, 0.4) is 0 Å². The van der Waals surface area contributed by atoms with E-state index in [4.69, 9.17) is 42.6 Å². The number of benzene rings is 1. The number of cyclic esters (lactones) is 1. The van der Waals surface area contributed by atoms with Gasteiger partial charge >= 0.3 is 5.97 Å². The van der Waals surface area contributed by atoms with Crippen molar-refractivity contribution in [1.29, 1.82) is 0 Å². The average molecular weight is 840 g/mol. The average Bonchev–Trinajstić information content (AvgIpc) is 3.82. The smallest absolute Gasteiger partial charge is 0.306 e. The molecule has 0 amide bonds. The van der Waals surface area contributed by atoms with Gasteiger partial charge in [-0.1, -0.05) is 32.1 Å². The van der Waals surface area contributed by atoms with E-state index in [9.17, 15) is 4.79 Å². The SMILES string of the molecule is CC[C@H]1CCC[C@H](O[C@H]2CC[C@H](N(C)C)C(C)O2)[C@@H](C)C(=O)C2=C[C@@H]3C(C(c4cccc(OC)c4)C[C@@H]4C[C@@H](O[C@@H]5OC(C)[C@H](OC)C(OC)[C@@H]5OC)C[C@H]43)[C@@H]2CC(=O)O1. The largest absolute Gasteiger partial charge is 0.497 e. The molecule has 2 saturated carbocycles. The fourth-order valence-corrected chi connectivity index (χ4v) is 12.3. The highest BCUT2D eigenvalue weighted by Crippen LogP contribution is 2.61. The predicted molar refractivity (Wildman–Crippen MR) is 225 cm³/mol. The highest BCUT2D eigenvalue weighted by atomic mass is 16.7. The highest BCUT2D eigenvalue weighted by molar-refractivity contribution is 5.99. The minimum absolute atomic E-state index is 0.0155. The molecule has 5 unspecified atom stereocenters. The Morgan fingerprint density at radius 2 is 1.58 bits per heavy atom. The number of allylic oxidation sites excluding steroid dienone is 2. The fraction of sp³-hybridized carbons (Fsp3) is 0.792. The van der Waals surface area contributed by atoms with Gasteiger partial charge in [-0.3, -0.25) is 9.59 Å². The van der Waals surface area contributed by atoms with Crippen LogP contribution in [0.5, 0.6) is 5.75 Å². The Morgan fingerprint density at radius 1 is 0.817 bits per heavy atom. The molecule has 7 rings (SSSR count). The summed E-state index contributed by atoms with van der Waals surface area (Å²) < 4.78 is 56.2. The van der Waals surface area contributed by atoms with Crippen molar-refractivity contribution in [3.63, 3.8) is 0 Å². The van der Waals surface area contributed by atoms with Crippen LogP contribution in [0.4, 0.5) is 0 Å². The fourth-order valence-electron chi connectivity index (χ4n) is 12.3. The monoisotopic (exact) mass is 840 g/mol. The van der Waals surface area contributed by atoms with Crippen molar-refractivity contribution >= 4 is 11.8 Å². The molecule has 3 aliphatic heterocycles. The summed E-state index contributed by atoms with van der Waals surface area (Å²) in [4.78, 5) is 31.5. The maximum absolute atomic E-state index is 15.2. The number of Topliss-reactive ketones (excluding diaryl/α,β-unsaturated/α-hetero) is 1. The lowest BCUT2D eigenvalue weighted by Crippen LogP contribution is -2.59. The van der Waals surface area contributed by atoms with Crippen LogP contribution in [0.25, 0.3) is 0 Å².